The molecule has 11 heteroatoms. The average Bonchev–Trinajstić information content (AvgIpc) is 3.31. The highest BCUT2D eigenvalue weighted by Crippen LogP contribution is 2.19. The van der Waals surface area contributed by atoms with Gasteiger partial charge in [0.15, 0.2) is 0 Å². The van der Waals surface area contributed by atoms with Gasteiger partial charge in [0.1, 0.15) is 10.0 Å². The lowest BCUT2D eigenvalue weighted by Crippen LogP contribution is -2.14. The molecule has 0 aliphatic rings. The molecule has 2 N–H and O–H groups in total. The van der Waals surface area contributed by atoms with Crippen LogP contribution in [-0.2, 0) is 24.1 Å². The Morgan fingerprint density at radius 1 is 1.04 bits per heavy atom. The monoisotopic (exact) mass is 421 g/mol. The Balaban J connectivity index is 1.34. The molecule has 3 aromatic rings. The van der Waals surface area contributed by atoms with Crippen molar-refractivity contribution in [3.8, 4) is 0 Å². The number of aromatic nitrogens is 5. The smallest absolute Gasteiger partial charge is 0.232 e. The fourth-order valence-electron chi connectivity index (χ4n) is 2.11. The number of rotatable bonds is 10. The summed E-state index contributed by atoms with van der Waals surface area (Å²) in [7, 11) is 1.84. The molecule has 0 spiro atoms. The standard InChI is InChI=1S/C16H19N7OS3/c1-17-15-22-20-13(26-15)5-8-25-9-6-14-21-23-16(27-14)19-12(24)10-11-4-2-3-7-18-11/h2-4,7H,5-6,8-10H2,1H3,(H,17,22)(H,19,23,24). The molecule has 0 saturated heterocycles. The number of nitrogens with one attached hydrogen (secondary N) is 2. The van der Waals surface area contributed by atoms with E-state index in [1.54, 1.807) is 17.5 Å². The van der Waals surface area contributed by atoms with E-state index in [0.29, 0.717) is 5.13 Å². The Hall–Kier alpha value is -2.11. The molecule has 0 saturated carbocycles. The van der Waals surface area contributed by atoms with Gasteiger partial charge in [-0.15, -0.1) is 20.4 Å². The zero-order valence-corrected chi connectivity index (χ0v) is 17.2. The van der Waals surface area contributed by atoms with Gasteiger partial charge in [0, 0.05) is 31.8 Å². The fraction of sp³-hybridized carbons (Fsp3) is 0.375. The lowest BCUT2D eigenvalue weighted by molar-refractivity contribution is -0.115. The van der Waals surface area contributed by atoms with Gasteiger partial charge in [-0.2, -0.15) is 11.8 Å². The molecule has 0 aromatic carbocycles. The van der Waals surface area contributed by atoms with Crippen LogP contribution in [0.1, 0.15) is 15.7 Å². The maximum atomic E-state index is 12.0. The van der Waals surface area contributed by atoms with Gasteiger partial charge in [-0.3, -0.25) is 9.78 Å². The summed E-state index contributed by atoms with van der Waals surface area (Å²) in [5.41, 5.74) is 0.730. The van der Waals surface area contributed by atoms with E-state index >= 15 is 0 Å². The summed E-state index contributed by atoms with van der Waals surface area (Å²) < 4.78 is 0. The molecule has 27 heavy (non-hydrogen) atoms. The van der Waals surface area contributed by atoms with Gasteiger partial charge < -0.3 is 10.6 Å². The highest BCUT2D eigenvalue weighted by atomic mass is 32.2. The van der Waals surface area contributed by atoms with Crippen molar-refractivity contribution < 1.29 is 4.79 Å². The largest absolute Gasteiger partial charge is 0.363 e. The Morgan fingerprint density at radius 3 is 2.37 bits per heavy atom. The normalized spacial score (nSPS) is 10.7. The fourth-order valence-corrected chi connectivity index (χ4v) is 4.70. The third kappa shape index (κ3) is 6.52. The van der Waals surface area contributed by atoms with E-state index in [0.717, 1.165) is 45.2 Å². The predicted molar refractivity (Wildman–Crippen MR) is 111 cm³/mol. The summed E-state index contributed by atoms with van der Waals surface area (Å²) >= 11 is 4.85. The molecule has 0 bridgehead atoms. The van der Waals surface area contributed by atoms with Gasteiger partial charge in [0.25, 0.3) is 0 Å². The minimum absolute atomic E-state index is 0.135. The number of carbonyl (C=O) groups excluding carboxylic acids is 1. The Kier molecular flexibility index (Phi) is 7.48. The van der Waals surface area contributed by atoms with Crippen LogP contribution in [0.15, 0.2) is 24.4 Å². The first kappa shape index (κ1) is 19.6. The molecule has 0 aliphatic heterocycles. The number of anilines is 2. The molecule has 0 fully saturated rings. The predicted octanol–water partition coefficient (Wildman–Crippen LogP) is 2.53. The van der Waals surface area contributed by atoms with Crippen LogP contribution in [0, 0.1) is 0 Å². The van der Waals surface area contributed by atoms with Crippen LogP contribution in [0.5, 0.6) is 0 Å². The molecule has 0 unspecified atom stereocenters. The van der Waals surface area contributed by atoms with E-state index in [1.165, 1.54) is 11.3 Å². The maximum absolute atomic E-state index is 12.0. The van der Waals surface area contributed by atoms with Crippen LogP contribution in [0.25, 0.3) is 0 Å². The highest BCUT2D eigenvalue weighted by molar-refractivity contribution is 7.99. The van der Waals surface area contributed by atoms with Crippen LogP contribution >= 0.6 is 34.4 Å². The van der Waals surface area contributed by atoms with Gasteiger partial charge in [-0.05, 0) is 23.6 Å². The minimum Gasteiger partial charge on any atom is -0.363 e. The number of carbonyl (C=O) groups is 1. The molecule has 1 amide bonds. The Morgan fingerprint density at radius 2 is 1.74 bits per heavy atom. The van der Waals surface area contributed by atoms with Crippen molar-refractivity contribution >= 4 is 50.6 Å². The molecule has 0 atom stereocenters. The summed E-state index contributed by atoms with van der Waals surface area (Å²) in [5, 5.41) is 25.5. The molecule has 0 aliphatic carbocycles. The zero-order chi connectivity index (χ0) is 18.9. The maximum Gasteiger partial charge on any atom is 0.232 e. The van der Waals surface area contributed by atoms with Gasteiger partial charge in [-0.25, -0.2) is 0 Å². The number of aryl methyl sites for hydroxylation is 2. The van der Waals surface area contributed by atoms with Gasteiger partial charge in [0.2, 0.25) is 16.2 Å². The second-order valence-electron chi connectivity index (χ2n) is 5.41. The zero-order valence-electron chi connectivity index (χ0n) is 14.7. The molecular weight excluding hydrogens is 402 g/mol. The topological polar surface area (TPSA) is 106 Å². The lowest BCUT2D eigenvalue weighted by Gasteiger charge is -2.00. The van der Waals surface area contributed by atoms with Crippen LogP contribution in [0.3, 0.4) is 0 Å². The highest BCUT2D eigenvalue weighted by Gasteiger charge is 2.10. The second kappa shape index (κ2) is 10.3. The molecule has 3 heterocycles. The first-order chi connectivity index (χ1) is 13.2. The molecule has 0 radical (unpaired) electrons. The van der Waals surface area contributed by atoms with Crippen LogP contribution < -0.4 is 10.6 Å². The van der Waals surface area contributed by atoms with Crippen molar-refractivity contribution in [2.75, 3.05) is 29.2 Å². The van der Waals surface area contributed by atoms with Crippen LogP contribution in [0.2, 0.25) is 0 Å². The summed E-state index contributed by atoms with van der Waals surface area (Å²) in [6.07, 6.45) is 3.64. The summed E-state index contributed by atoms with van der Waals surface area (Å²) in [4.78, 5) is 16.2. The molecule has 8 nitrogen and oxygen atoms in total. The molecule has 142 valence electrons. The molecule has 3 rings (SSSR count). The van der Waals surface area contributed by atoms with Crippen LogP contribution in [-0.4, -0.2) is 49.8 Å². The number of hydrogen-bond donors (Lipinski definition) is 2. The first-order valence-electron chi connectivity index (χ1n) is 8.33. The van der Waals surface area contributed by atoms with Crippen LogP contribution in [0.4, 0.5) is 10.3 Å². The number of pyridine rings is 1. The summed E-state index contributed by atoms with van der Waals surface area (Å²) in [6.45, 7) is 0. The molecule has 3 aromatic heterocycles. The van der Waals surface area contributed by atoms with Crippen molar-refractivity contribution in [1.29, 1.82) is 0 Å². The second-order valence-corrected chi connectivity index (χ2v) is 8.76. The quantitative estimate of drug-likeness (QED) is 0.481. The number of nitrogens with zero attached hydrogens (tertiary/aromatic N) is 5. The molecular formula is C16H19N7OS3. The average molecular weight is 422 g/mol. The third-order valence-corrected chi connectivity index (χ3v) is 6.27. The van der Waals surface area contributed by atoms with Crippen molar-refractivity contribution in [2.45, 2.75) is 19.3 Å². The Labute approximate surface area is 169 Å². The van der Waals surface area contributed by atoms with E-state index in [-0.39, 0.29) is 12.3 Å². The van der Waals surface area contributed by atoms with E-state index in [1.807, 2.05) is 37.0 Å². The number of hydrogen-bond acceptors (Lipinski definition) is 10. The number of amides is 1. The lowest BCUT2D eigenvalue weighted by atomic mass is 10.2. The minimum atomic E-state index is -0.135. The Bertz CT molecular complexity index is 853. The van der Waals surface area contributed by atoms with E-state index in [4.69, 9.17) is 0 Å². The third-order valence-electron chi connectivity index (χ3n) is 3.38. The number of thioether (sulfide) groups is 1. The SMILES string of the molecule is CNc1nnc(CCSCCc2nnc(NC(=O)Cc3ccccn3)s2)s1. The van der Waals surface area contributed by atoms with Crippen molar-refractivity contribution in [2.24, 2.45) is 0 Å². The van der Waals surface area contributed by atoms with Crippen molar-refractivity contribution in [3.63, 3.8) is 0 Å². The van der Waals surface area contributed by atoms with E-state index in [2.05, 4.69) is 36.0 Å². The van der Waals surface area contributed by atoms with Crippen molar-refractivity contribution in [3.05, 3.63) is 40.1 Å². The first-order valence-corrected chi connectivity index (χ1v) is 11.1. The summed E-state index contributed by atoms with van der Waals surface area (Å²) in [5.74, 6) is 1.81. The van der Waals surface area contributed by atoms with Gasteiger partial charge in [0.05, 0.1) is 6.42 Å². The van der Waals surface area contributed by atoms with Gasteiger partial charge >= 0.3 is 0 Å². The van der Waals surface area contributed by atoms with E-state index in [9.17, 15) is 4.79 Å². The summed E-state index contributed by atoms with van der Waals surface area (Å²) in [6, 6.07) is 5.51. The van der Waals surface area contributed by atoms with Gasteiger partial charge in [-0.1, -0.05) is 28.7 Å². The van der Waals surface area contributed by atoms with E-state index < -0.39 is 0 Å². The van der Waals surface area contributed by atoms with Crippen molar-refractivity contribution in [1.82, 2.24) is 25.4 Å².